The predicted molar refractivity (Wildman–Crippen MR) is 93.8 cm³/mol. The van der Waals surface area contributed by atoms with Crippen molar-refractivity contribution in [3.8, 4) is 0 Å². The number of benzene rings is 1. The third-order valence-corrected chi connectivity index (χ3v) is 5.05. The Morgan fingerprint density at radius 2 is 2.09 bits per heavy atom. The van der Waals surface area contributed by atoms with Crippen molar-refractivity contribution in [3.05, 3.63) is 36.5 Å². The molecule has 3 heterocycles. The minimum Gasteiger partial charge on any atom is -0.382 e. The molecule has 1 unspecified atom stereocenters. The summed E-state index contributed by atoms with van der Waals surface area (Å²) < 4.78 is 5.76. The van der Waals surface area contributed by atoms with Crippen molar-refractivity contribution >= 4 is 16.6 Å². The number of nitrogens with one attached hydrogen (secondary N) is 1. The van der Waals surface area contributed by atoms with Crippen LogP contribution in [0.15, 0.2) is 36.5 Å². The molecule has 2 aliphatic heterocycles. The quantitative estimate of drug-likeness (QED) is 0.940. The van der Waals surface area contributed by atoms with Gasteiger partial charge < -0.3 is 15.0 Å². The fourth-order valence-corrected chi connectivity index (χ4v) is 3.74. The second kappa shape index (κ2) is 6.85. The van der Waals surface area contributed by atoms with Crippen LogP contribution >= 0.6 is 0 Å². The maximum absolute atomic E-state index is 5.76. The van der Waals surface area contributed by atoms with Gasteiger partial charge >= 0.3 is 0 Å². The van der Waals surface area contributed by atoms with E-state index in [0.717, 1.165) is 18.7 Å². The standard InChI is InChI=1S/C19H25N3O/c1-3-15-13-17(5-6-19(15)20-9-1)21-16-7-10-22(11-8-16)14-18-4-2-12-23-18/h1,3,5-6,9,13,16,18,21H,2,4,7-8,10-12,14H2. The van der Waals surface area contributed by atoms with E-state index in [1.165, 1.54) is 49.8 Å². The molecule has 2 saturated heterocycles. The molecule has 4 nitrogen and oxygen atoms in total. The summed E-state index contributed by atoms with van der Waals surface area (Å²) >= 11 is 0. The number of hydrogen-bond acceptors (Lipinski definition) is 4. The first-order valence-corrected chi connectivity index (χ1v) is 8.82. The number of aromatic nitrogens is 1. The lowest BCUT2D eigenvalue weighted by Crippen LogP contribution is -2.42. The molecule has 1 atom stereocenters. The molecule has 0 saturated carbocycles. The van der Waals surface area contributed by atoms with Gasteiger partial charge in [-0.2, -0.15) is 0 Å². The number of likely N-dealkylation sites (tertiary alicyclic amines) is 1. The SMILES string of the molecule is c1cnc2ccc(NC3CCN(CC4CCCO4)CC3)cc2c1. The summed E-state index contributed by atoms with van der Waals surface area (Å²) in [5.41, 5.74) is 2.27. The molecular formula is C19H25N3O. The Bertz CT molecular complexity index is 646. The van der Waals surface area contributed by atoms with Gasteiger partial charge in [0.15, 0.2) is 0 Å². The normalized spacial score (nSPS) is 23.4. The highest BCUT2D eigenvalue weighted by Crippen LogP contribution is 2.22. The van der Waals surface area contributed by atoms with E-state index in [2.05, 4.69) is 39.5 Å². The predicted octanol–water partition coefficient (Wildman–Crippen LogP) is 3.29. The van der Waals surface area contributed by atoms with Crippen LogP contribution in [0.2, 0.25) is 0 Å². The van der Waals surface area contributed by atoms with Crippen LogP contribution in [0.3, 0.4) is 0 Å². The highest BCUT2D eigenvalue weighted by atomic mass is 16.5. The fraction of sp³-hybridized carbons (Fsp3) is 0.526. The van der Waals surface area contributed by atoms with Gasteiger partial charge in [-0.15, -0.1) is 0 Å². The van der Waals surface area contributed by atoms with Crippen LogP contribution < -0.4 is 5.32 Å². The monoisotopic (exact) mass is 311 g/mol. The summed E-state index contributed by atoms with van der Waals surface area (Å²) in [6.45, 7) is 4.42. The lowest BCUT2D eigenvalue weighted by atomic mass is 10.0. The summed E-state index contributed by atoms with van der Waals surface area (Å²) in [6, 6.07) is 11.2. The Morgan fingerprint density at radius 1 is 1.17 bits per heavy atom. The smallest absolute Gasteiger partial charge is 0.0703 e. The van der Waals surface area contributed by atoms with E-state index in [0.29, 0.717) is 12.1 Å². The molecule has 0 radical (unpaired) electrons. The molecule has 2 aliphatic rings. The Hall–Kier alpha value is -1.65. The van der Waals surface area contributed by atoms with Crippen LogP contribution in [0.25, 0.3) is 10.9 Å². The van der Waals surface area contributed by atoms with Crippen molar-refractivity contribution in [1.29, 1.82) is 0 Å². The number of fused-ring (bicyclic) bond motifs is 1. The van der Waals surface area contributed by atoms with Crippen molar-refractivity contribution in [2.45, 2.75) is 37.8 Å². The van der Waals surface area contributed by atoms with Gasteiger partial charge in [0.05, 0.1) is 11.6 Å². The van der Waals surface area contributed by atoms with E-state index < -0.39 is 0 Å². The number of anilines is 1. The van der Waals surface area contributed by atoms with E-state index in [4.69, 9.17) is 4.74 Å². The van der Waals surface area contributed by atoms with Gasteiger partial charge in [0.2, 0.25) is 0 Å². The second-order valence-corrected chi connectivity index (χ2v) is 6.77. The fourth-order valence-electron chi connectivity index (χ4n) is 3.74. The molecule has 2 aromatic rings. The van der Waals surface area contributed by atoms with Crippen LogP contribution in [0.4, 0.5) is 5.69 Å². The van der Waals surface area contributed by atoms with Gasteiger partial charge in [-0.25, -0.2) is 0 Å². The molecule has 0 spiro atoms. The summed E-state index contributed by atoms with van der Waals surface area (Å²) in [6.07, 6.45) is 7.21. The number of ether oxygens (including phenoxy) is 1. The zero-order valence-corrected chi connectivity index (χ0v) is 13.6. The van der Waals surface area contributed by atoms with Crippen LogP contribution in [0, 0.1) is 0 Å². The summed E-state index contributed by atoms with van der Waals surface area (Å²) in [4.78, 5) is 6.95. The second-order valence-electron chi connectivity index (χ2n) is 6.77. The molecule has 0 bridgehead atoms. The van der Waals surface area contributed by atoms with Crippen LogP contribution in [0.5, 0.6) is 0 Å². The lowest BCUT2D eigenvalue weighted by molar-refractivity contribution is 0.0654. The Morgan fingerprint density at radius 3 is 2.91 bits per heavy atom. The van der Waals surface area contributed by atoms with Crippen molar-refractivity contribution < 1.29 is 4.74 Å². The van der Waals surface area contributed by atoms with Crippen molar-refractivity contribution in [1.82, 2.24) is 9.88 Å². The Kier molecular flexibility index (Phi) is 4.44. The largest absolute Gasteiger partial charge is 0.382 e. The first-order valence-electron chi connectivity index (χ1n) is 8.82. The van der Waals surface area contributed by atoms with Gasteiger partial charge in [0.1, 0.15) is 0 Å². The first-order chi connectivity index (χ1) is 11.4. The average molecular weight is 311 g/mol. The van der Waals surface area contributed by atoms with E-state index in [1.807, 2.05) is 12.3 Å². The van der Waals surface area contributed by atoms with E-state index in [1.54, 1.807) is 0 Å². The number of pyridine rings is 1. The number of hydrogen-bond donors (Lipinski definition) is 1. The third kappa shape index (κ3) is 3.65. The van der Waals surface area contributed by atoms with Crippen molar-refractivity contribution in [2.75, 3.05) is 31.6 Å². The maximum Gasteiger partial charge on any atom is 0.0703 e. The summed E-state index contributed by atoms with van der Waals surface area (Å²) in [5, 5.41) is 4.90. The number of rotatable bonds is 4. The summed E-state index contributed by atoms with van der Waals surface area (Å²) in [7, 11) is 0. The molecule has 4 rings (SSSR count). The van der Waals surface area contributed by atoms with Crippen molar-refractivity contribution in [2.24, 2.45) is 0 Å². The van der Waals surface area contributed by atoms with Gasteiger partial charge in [0.25, 0.3) is 0 Å². The zero-order chi connectivity index (χ0) is 15.5. The molecule has 1 N–H and O–H groups in total. The zero-order valence-electron chi connectivity index (χ0n) is 13.6. The highest BCUT2D eigenvalue weighted by molar-refractivity contribution is 5.82. The molecule has 4 heteroatoms. The Labute approximate surface area is 137 Å². The molecule has 1 aromatic carbocycles. The molecule has 2 fully saturated rings. The van der Waals surface area contributed by atoms with Gasteiger partial charge in [0, 0.05) is 49.6 Å². The molecular weight excluding hydrogens is 286 g/mol. The minimum atomic E-state index is 0.479. The lowest BCUT2D eigenvalue weighted by Gasteiger charge is -2.34. The van der Waals surface area contributed by atoms with E-state index in [-0.39, 0.29) is 0 Å². The van der Waals surface area contributed by atoms with E-state index >= 15 is 0 Å². The van der Waals surface area contributed by atoms with Gasteiger partial charge in [-0.3, -0.25) is 4.98 Å². The topological polar surface area (TPSA) is 37.4 Å². The minimum absolute atomic E-state index is 0.479. The van der Waals surface area contributed by atoms with Crippen LogP contribution in [-0.2, 0) is 4.74 Å². The molecule has 23 heavy (non-hydrogen) atoms. The highest BCUT2D eigenvalue weighted by Gasteiger charge is 2.23. The van der Waals surface area contributed by atoms with E-state index in [9.17, 15) is 0 Å². The van der Waals surface area contributed by atoms with Gasteiger partial charge in [-0.1, -0.05) is 6.07 Å². The van der Waals surface area contributed by atoms with Crippen LogP contribution in [0.1, 0.15) is 25.7 Å². The Balaban J connectivity index is 1.31. The van der Waals surface area contributed by atoms with Crippen LogP contribution in [-0.4, -0.2) is 48.3 Å². The molecule has 1 aromatic heterocycles. The molecule has 122 valence electrons. The molecule has 0 aliphatic carbocycles. The number of nitrogens with zero attached hydrogens (tertiary/aromatic N) is 2. The third-order valence-electron chi connectivity index (χ3n) is 5.05. The van der Waals surface area contributed by atoms with Gasteiger partial charge in [-0.05, 0) is 49.9 Å². The van der Waals surface area contributed by atoms with Crippen molar-refractivity contribution in [3.63, 3.8) is 0 Å². The molecule has 0 amide bonds. The number of piperidine rings is 1. The first kappa shape index (κ1) is 14.9. The maximum atomic E-state index is 5.76. The average Bonchev–Trinajstić information content (AvgIpc) is 3.10. The summed E-state index contributed by atoms with van der Waals surface area (Å²) in [5.74, 6) is 0.